The number of aromatic hydroxyl groups is 2. The van der Waals surface area contributed by atoms with Crippen LogP contribution in [0.5, 0.6) is 11.5 Å². The summed E-state index contributed by atoms with van der Waals surface area (Å²) in [7, 11) is 0. The number of aliphatic hydroxyl groups excluding tert-OH is 1. The number of phenols is 2. The van der Waals surface area contributed by atoms with Gasteiger partial charge < -0.3 is 25.4 Å². The number of carbonyl (C=O) groups excluding carboxylic acids is 1. The number of hydrogen-bond donors (Lipinski definition) is 4. The Kier molecular flexibility index (Phi) is 6.81. The molecule has 2 unspecified atom stereocenters. The van der Waals surface area contributed by atoms with Gasteiger partial charge >= 0.3 is 6.09 Å². The van der Waals surface area contributed by atoms with E-state index in [0.29, 0.717) is 25.8 Å². The van der Waals surface area contributed by atoms with Crippen LogP contribution in [-0.2, 0) is 11.2 Å². The van der Waals surface area contributed by atoms with Crippen LogP contribution in [0.3, 0.4) is 0 Å². The van der Waals surface area contributed by atoms with E-state index in [2.05, 4.69) is 5.32 Å². The van der Waals surface area contributed by atoms with Crippen LogP contribution in [0, 0.1) is 0 Å². The zero-order chi connectivity index (χ0) is 15.8. The number of alkyl carbamates (subject to hydrolysis) is 1. The molecule has 118 valence electrons. The second-order valence-electron chi connectivity index (χ2n) is 5.02. The molecule has 1 aromatic carbocycles. The van der Waals surface area contributed by atoms with Crippen molar-refractivity contribution in [2.75, 3.05) is 6.54 Å². The molecular weight excluding hydrogens is 274 g/mol. The van der Waals surface area contributed by atoms with E-state index < -0.39 is 12.2 Å². The second-order valence-corrected chi connectivity index (χ2v) is 5.02. The third-order valence-electron chi connectivity index (χ3n) is 3.06. The summed E-state index contributed by atoms with van der Waals surface area (Å²) in [6.07, 6.45) is 0.228. The normalized spacial score (nSPS) is 13.5. The third-order valence-corrected chi connectivity index (χ3v) is 3.06. The molecule has 1 amide bonds. The molecule has 0 bridgehead atoms. The van der Waals surface area contributed by atoms with E-state index in [9.17, 15) is 20.1 Å². The number of hydrogen-bond acceptors (Lipinski definition) is 5. The number of ether oxygens (including phenoxy) is 1. The first-order valence-corrected chi connectivity index (χ1v) is 7.05. The number of amides is 1. The molecule has 6 heteroatoms. The fraction of sp³-hybridized carbons (Fsp3) is 0.533. The van der Waals surface area contributed by atoms with Crippen LogP contribution in [0.1, 0.15) is 32.3 Å². The van der Waals surface area contributed by atoms with Crippen LogP contribution in [-0.4, -0.2) is 40.2 Å². The Morgan fingerprint density at radius 3 is 2.62 bits per heavy atom. The predicted octanol–water partition coefficient (Wildman–Crippen LogP) is 1.92. The SMILES string of the molecule is CCC(CC(C)O)OC(=O)NCCc1ccc(O)c(O)c1. The number of aliphatic hydroxyl groups is 1. The summed E-state index contributed by atoms with van der Waals surface area (Å²) in [5, 5.41) is 30.5. The lowest BCUT2D eigenvalue weighted by Gasteiger charge is -2.17. The first kappa shape index (κ1) is 17.1. The summed E-state index contributed by atoms with van der Waals surface area (Å²) in [5.41, 5.74) is 0.793. The summed E-state index contributed by atoms with van der Waals surface area (Å²) in [6.45, 7) is 3.90. The maximum Gasteiger partial charge on any atom is 0.407 e. The predicted molar refractivity (Wildman–Crippen MR) is 78.3 cm³/mol. The van der Waals surface area contributed by atoms with Crippen LogP contribution >= 0.6 is 0 Å². The van der Waals surface area contributed by atoms with Gasteiger partial charge in [0, 0.05) is 13.0 Å². The second kappa shape index (κ2) is 8.36. The highest BCUT2D eigenvalue weighted by atomic mass is 16.6. The van der Waals surface area contributed by atoms with Crippen LogP contribution in [0.2, 0.25) is 0 Å². The van der Waals surface area contributed by atoms with E-state index in [4.69, 9.17) is 4.74 Å². The molecule has 4 N–H and O–H groups in total. The van der Waals surface area contributed by atoms with Gasteiger partial charge in [-0.3, -0.25) is 0 Å². The van der Waals surface area contributed by atoms with Crippen LogP contribution in [0.4, 0.5) is 4.79 Å². The molecule has 0 aliphatic heterocycles. The molecule has 0 saturated heterocycles. The first-order valence-electron chi connectivity index (χ1n) is 7.05. The number of carbonyl (C=O) groups is 1. The van der Waals surface area contributed by atoms with Crippen molar-refractivity contribution in [3.05, 3.63) is 23.8 Å². The summed E-state index contributed by atoms with van der Waals surface area (Å²) in [5.74, 6) is -0.354. The van der Waals surface area contributed by atoms with Gasteiger partial charge in [0.05, 0.1) is 6.10 Å². The molecule has 0 saturated carbocycles. The molecule has 0 aromatic heterocycles. The van der Waals surface area contributed by atoms with Crippen LogP contribution < -0.4 is 5.32 Å². The number of phenolic OH excluding ortho intramolecular Hbond substituents is 2. The van der Waals surface area contributed by atoms with Crippen molar-refractivity contribution in [1.82, 2.24) is 5.32 Å². The molecule has 1 aromatic rings. The minimum atomic E-state index is -0.523. The van der Waals surface area contributed by atoms with Crippen molar-refractivity contribution in [2.45, 2.75) is 45.3 Å². The van der Waals surface area contributed by atoms with E-state index in [0.717, 1.165) is 5.56 Å². The van der Waals surface area contributed by atoms with Crippen molar-refractivity contribution in [1.29, 1.82) is 0 Å². The largest absolute Gasteiger partial charge is 0.504 e. The highest BCUT2D eigenvalue weighted by molar-refractivity contribution is 5.67. The van der Waals surface area contributed by atoms with Gasteiger partial charge in [-0.2, -0.15) is 0 Å². The quantitative estimate of drug-likeness (QED) is 0.576. The Morgan fingerprint density at radius 2 is 2.05 bits per heavy atom. The van der Waals surface area contributed by atoms with E-state index in [1.165, 1.54) is 12.1 Å². The van der Waals surface area contributed by atoms with E-state index in [1.54, 1.807) is 13.0 Å². The highest BCUT2D eigenvalue weighted by Gasteiger charge is 2.14. The minimum Gasteiger partial charge on any atom is -0.504 e. The molecule has 21 heavy (non-hydrogen) atoms. The lowest BCUT2D eigenvalue weighted by molar-refractivity contribution is 0.0577. The van der Waals surface area contributed by atoms with Gasteiger partial charge in [0.2, 0.25) is 0 Å². The Hall–Kier alpha value is -1.95. The van der Waals surface area contributed by atoms with Gasteiger partial charge in [0.25, 0.3) is 0 Å². The van der Waals surface area contributed by atoms with E-state index >= 15 is 0 Å². The van der Waals surface area contributed by atoms with Gasteiger partial charge in [0.15, 0.2) is 11.5 Å². The molecule has 0 aliphatic rings. The number of benzene rings is 1. The summed E-state index contributed by atoms with van der Waals surface area (Å²) >= 11 is 0. The lowest BCUT2D eigenvalue weighted by atomic mass is 10.1. The Bertz CT molecular complexity index is 461. The molecule has 0 spiro atoms. The zero-order valence-electron chi connectivity index (χ0n) is 12.4. The smallest absolute Gasteiger partial charge is 0.407 e. The Labute approximate surface area is 124 Å². The Morgan fingerprint density at radius 1 is 1.33 bits per heavy atom. The van der Waals surface area contributed by atoms with Crippen molar-refractivity contribution < 1.29 is 24.9 Å². The maximum absolute atomic E-state index is 11.6. The summed E-state index contributed by atoms with van der Waals surface area (Å²) in [6, 6.07) is 4.52. The van der Waals surface area contributed by atoms with Crippen molar-refractivity contribution >= 4 is 6.09 Å². The van der Waals surface area contributed by atoms with Crippen LogP contribution in [0.25, 0.3) is 0 Å². The summed E-state index contributed by atoms with van der Waals surface area (Å²) < 4.78 is 5.19. The molecule has 0 radical (unpaired) electrons. The van der Waals surface area contributed by atoms with E-state index in [1.807, 2.05) is 6.92 Å². The average Bonchev–Trinajstić information content (AvgIpc) is 2.41. The maximum atomic E-state index is 11.6. The molecule has 2 atom stereocenters. The lowest BCUT2D eigenvalue weighted by Crippen LogP contribution is -2.31. The standard InChI is InChI=1S/C15H23NO5/c1-3-12(8-10(2)17)21-15(20)16-7-6-11-4-5-13(18)14(19)9-11/h4-5,9-10,12,17-19H,3,6-8H2,1-2H3,(H,16,20). The van der Waals surface area contributed by atoms with Gasteiger partial charge in [-0.1, -0.05) is 13.0 Å². The third kappa shape index (κ3) is 6.35. The average molecular weight is 297 g/mol. The molecule has 6 nitrogen and oxygen atoms in total. The molecule has 0 fully saturated rings. The van der Waals surface area contributed by atoms with Crippen LogP contribution in [0.15, 0.2) is 18.2 Å². The highest BCUT2D eigenvalue weighted by Crippen LogP contribution is 2.24. The van der Waals surface area contributed by atoms with Crippen molar-refractivity contribution in [3.63, 3.8) is 0 Å². The first-order chi connectivity index (χ1) is 9.92. The number of rotatable bonds is 7. The van der Waals surface area contributed by atoms with Crippen molar-refractivity contribution in [3.8, 4) is 11.5 Å². The molecule has 0 aliphatic carbocycles. The number of nitrogens with one attached hydrogen (secondary N) is 1. The Balaban J connectivity index is 2.34. The van der Waals surface area contributed by atoms with Gasteiger partial charge in [0.1, 0.15) is 6.10 Å². The molecule has 0 heterocycles. The fourth-order valence-electron chi connectivity index (χ4n) is 1.91. The molecule has 1 rings (SSSR count). The van der Waals surface area contributed by atoms with Gasteiger partial charge in [-0.25, -0.2) is 4.79 Å². The van der Waals surface area contributed by atoms with Gasteiger partial charge in [-0.05, 0) is 37.5 Å². The monoisotopic (exact) mass is 297 g/mol. The van der Waals surface area contributed by atoms with Gasteiger partial charge in [-0.15, -0.1) is 0 Å². The zero-order valence-corrected chi connectivity index (χ0v) is 12.4. The minimum absolute atomic E-state index is 0.171. The van der Waals surface area contributed by atoms with E-state index in [-0.39, 0.29) is 17.6 Å². The fourth-order valence-corrected chi connectivity index (χ4v) is 1.91. The molecular formula is C15H23NO5. The topological polar surface area (TPSA) is 99.0 Å². The summed E-state index contributed by atoms with van der Waals surface area (Å²) in [4.78, 5) is 11.6. The van der Waals surface area contributed by atoms with Crippen molar-refractivity contribution in [2.24, 2.45) is 0 Å².